The molecule has 5 nitrogen and oxygen atoms in total. The number of aromatic nitrogens is 1. The molecule has 2 aromatic carbocycles. The van der Waals surface area contributed by atoms with Gasteiger partial charge in [0.05, 0.1) is 12.6 Å². The maximum absolute atomic E-state index is 12.1. The third kappa shape index (κ3) is 4.78. The maximum atomic E-state index is 12.1. The minimum absolute atomic E-state index is 0.0735. The van der Waals surface area contributed by atoms with E-state index in [0.717, 1.165) is 11.1 Å². The summed E-state index contributed by atoms with van der Waals surface area (Å²) in [7, 11) is 0. The van der Waals surface area contributed by atoms with E-state index >= 15 is 0 Å². The van der Waals surface area contributed by atoms with Crippen molar-refractivity contribution in [2.75, 3.05) is 0 Å². The first-order valence-corrected chi connectivity index (χ1v) is 8.04. The summed E-state index contributed by atoms with van der Waals surface area (Å²) in [5, 5.41) is 8.36. The van der Waals surface area contributed by atoms with E-state index in [1.165, 1.54) is 6.21 Å². The van der Waals surface area contributed by atoms with Crippen molar-refractivity contribution in [1.29, 1.82) is 0 Å². The second kappa shape index (κ2) is 8.26. The van der Waals surface area contributed by atoms with Gasteiger partial charge in [-0.1, -0.05) is 64.4 Å². The van der Waals surface area contributed by atoms with Crippen LogP contribution in [0, 0.1) is 0 Å². The van der Waals surface area contributed by atoms with Gasteiger partial charge in [-0.2, -0.15) is 0 Å². The number of hydrogen-bond donors (Lipinski definition) is 0. The maximum Gasteiger partial charge on any atom is 0.206 e. The van der Waals surface area contributed by atoms with Gasteiger partial charge in [-0.15, -0.1) is 0 Å². The molecule has 1 aromatic heterocycles. The number of carbonyl (C=O) groups excluding carboxylic acids is 1. The molecule has 0 amide bonds. The van der Waals surface area contributed by atoms with Gasteiger partial charge in [0, 0.05) is 16.7 Å². The Morgan fingerprint density at radius 1 is 1.16 bits per heavy atom. The van der Waals surface area contributed by atoms with Crippen LogP contribution in [0.2, 0.25) is 5.02 Å². The molecule has 0 bridgehead atoms. The summed E-state index contributed by atoms with van der Waals surface area (Å²) in [5.74, 6) is -0.0171. The van der Waals surface area contributed by atoms with E-state index in [0.29, 0.717) is 17.3 Å². The van der Waals surface area contributed by atoms with Crippen molar-refractivity contribution in [2.24, 2.45) is 5.16 Å². The third-order valence-electron chi connectivity index (χ3n) is 3.42. The molecular weight excluding hydrogens is 340 g/mol. The molecule has 0 saturated carbocycles. The molecule has 0 N–H and O–H groups in total. The van der Waals surface area contributed by atoms with Gasteiger partial charge >= 0.3 is 0 Å². The van der Waals surface area contributed by atoms with Crippen LogP contribution in [0.3, 0.4) is 0 Å². The van der Waals surface area contributed by atoms with Crippen LogP contribution >= 0.6 is 11.6 Å². The van der Waals surface area contributed by atoms with E-state index in [4.69, 9.17) is 21.0 Å². The van der Waals surface area contributed by atoms with Crippen molar-refractivity contribution in [2.45, 2.75) is 13.0 Å². The quantitative estimate of drug-likeness (QED) is 0.348. The number of rotatable bonds is 7. The Morgan fingerprint density at radius 2 is 1.92 bits per heavy atom. The molecule has 0 aliphatic rings. The van der Waals surface area contributed by atoms with E-state index in [-0.39, 0.29) is 18.0 Å². The van der Waals surface area contributed by atoms with Crippen LogP contribution in [-0.4, -0.2) is 17.2 Å². The lowest BCUT2D eigenvalue weighted by molar-refractivity contribution is 0.0961. The van der Waals surface area contributed by atoms with Gasteiger partial charge < -0.3 is 9.36 Å². The fourth-order valence-corrected chi connectivity index (χ4v) is 2.24. The van der Waals surface area contributed by atoms with Crippen LogP contribution in [0.4, 0.5) is 0 Å². The monoisotopic (exact) mass is 354 g/mol. The zero-order valence-electron chi connectivity index (χ0n) is 13.3. The van der Waals surface area contributed by atoms with Crippen LogP contribution in [0.15, 0.2) is 70.3 Å². The fraction of sp³-hybridized carbons (Fsp3) is 0.105. The number of carbonyl (C=O) groups is 1. The molecule has 3 aromatic rings. The molecular formula is C19H15ClN2O3. The molecule has 0 saturated heterocycles. The van der Waals surface area contributed by atoms with Crippen LogP contribution in [0.5, 0.6) is 0 Å². The summed E-state index contributed by atoms with van der Waals surface area (Å²) in [5.41, 5.74) is 2.46. The van der Waals surface area contributed by atoms with Gasteiger partial charge in [-0.25, -0.2) is 0 Å². The molecule has 0 atom stereocenters. The highest BCUT2D eigenvalue weighted by Gasteiger charge is 2.12. The highest BCUT2D eigenvalue weighted by atomic mass is 35.5. The van der Waals surface area contributed by atoms with Crippen molar-refractivity contribution >= 4 is 23.6 Å². The lowest BCUT2D eigenvalue weighted by Crippen LogP contribution is -1.98. The van der Waals surface area contributed by atoms with Crippen molar-refractivity contribution in [3.63, 3.8) is 0 Å². The van der Waals surface area contributed by atoms with Gasteiger partial charge in [-0.3, -0.25) is 4.79 Å². The molecule has 0 radical (unpaired) electrons. The summed E-state index contributed by atoms with van der Waals surface area (Å²) in [4.78, 5) is 17.2. The fourth-order valence-electron chi connectivity index (χ4n) is 2.12. The Labute approximate surface area is 149 Å². The van der Waals surface area contributed by atoms with Crippen LogP contribution in [0.25, 0.3) is 11.3 Å². The van der Waals surface area contributed by atoms with E-state index in [9.17, 15) is 4.79 Å². The smallest absolute Gasteiger partial charge is 0.206 e. The Balaban J connectivity index is 1.49. The van der Waals surface area contributed by atoms with Crippen LogP contribution in [0.1, 0.15) is 22.5 Å². The molecule has 0 fully saturated rings. The first-order chi connectivity index (χ1) is 12.2. The Kier molecular flexibility index (Phi) is 5.59. The number of hydrogen-bond acceptors (Lipinski definition) is 5. The highest BCUT2D eigenvalue weighted by Crippen LogP contribution is 2.19. The molecule has 0 aliphatic carbocycles. The van der Waals surface area contributed by atoms with E-state index in [1.807, 2.05) is 42.5 Å². The lowest BCUT2D eigenvalue weighted by atomic mass is 10.1. The minimum Gasteiger partial charge on any atom is -0.391 e. The Hall–Kier alpha value is -2.92. The van der Waals surface area contributed by atoms with Gasteiger partial charge in [0.2, 0.25) is 11.5 Å². The SMILES string of the molecule is O=C(CC=NOCc1ccc(Cl)cc1)c1cc(-c2ccccc2)no1. The lowest BCUT2D eigenvalue weighted by Gasteiger charge is -1.99. The van der Waals surface area contributed by atoms with Gasteiger partial charge in [0.15, 0.2) is 0 Å². The zero-order valence-corrected chi connectivity index (χ0v) is 14.0. The standard InChI is InChI=1S/C19H15ClN2O3/c20-16-8-6-14(7-9-16)13-24-21-11-10-18(23)19-12-17(22-25-19)15-4-2-1-3-5-15/h1-9,11-12H,10,13H2. The number of nitrogens with zero attached hydrogens (tertiary/aromatic N) is 2. The molecule has 126 valence electrons. The summed E-state index contributed by atoms with van der Waals surface area (Å²) in [6.07, 6.45) is 1.48. The summed E-state index contributed by atoms with van der Waals surface area (Å²) in [6, 6.07) is 18.4. The van der Waals surface area contributed by atoms with E-state index < -0.39 is 0 Å². The van der Waals surface area contributed by atoms with Crippen molar-refractivity contribution in [3.05, 3.63) is 77.0 Å². The number of halogens is 1. The van der Waals surface area contributed by atoms with Gasteiger partial charge in [0.25, 0.3) is 0 Å². The van der Waals surface area contributed by atoms with Crippen LogP contribution in [-0.2, 0) is 11.4 Å². The van der Waals surface area contributed by atoms with Gasteiger partial charge in [-0.05, 0) is 17.7 Å². The van der Waals surface area contributed by atoms with E-state index in [1.54, 1.807) is 18.2 Å². The third-order valence-corrected chi connectivity index (χ3v) is 3.68. The number of oxime groups is 1. The molecule has 25 heavy (non-hydrogen) atoms. The van der Waals surface area contributed by atoms with Crippen molar-refractivity contribution in [1.82, 2.24) is 5.16 Å². The summed E-state index contributed by atoms with van der Waals surface area (Å²) < 4.78 is 5.10. The minimum atomic E-state index is -0.214. The highest BCUT2D eigenvalue weighted by molar-refractivity contribution is 6.30. The number of Topliss-reactive ketones (excluding diaryl/α,β-unsaturated/α-hetero) is 1. The Morgan fingerprint density at radius 3 is 2.68 bits per heavy atom. The zero-order chi connectivity index (χ0) is 17.5. The van der Waals surface area contributed by atoms with Crippen molar-refractivity contribution in [3.8, 4) is 11.3 Å². The molecule has 0 spiro atoms. The number of benzene rings is 2. The average Bonchev–Trinajstić information content (AvgIpc) is 3.14. The molecule has 6 heteroatoms. The second-order valence-corrected chi connectivity index (χ2v) is 5.69. The first kappa shape index (κ1) is 16.9. The predicted octanol–water partition coefficient (Wildman–Crippen LogP) is 4.77. The molecule has 0 aliphatic heterocycles. The molecule has 0 unspecified atom stereocenters. The second-order valence-electron chi connectivity index (χ2n) is 5.26. The number of ketones is 1. The summed E-state index contributed by atoms with van der Waals surface area (Å²) >= 11 is 5.81. The van der Waals surface area contributed by atoms with Gasteiger partial charge in [0.1, 0.15) is 12.3 Å². The van der Waals surface area contributed by atoms with E-state index in [2.05, 4.69) is 10.3 Å². The summed E-state index contributed by atoms with van der Waals surface area (Å²) in [6.45, 7) is 0.308. The van der Waals surface area contributed by atoms with Crippen molar-refractivity contribution < 1.29 is 14.2 Å². The Bertz CT molecular complexity index is 858. The first-order valence-electron chi connectivity index (χ1n) is 7.66. The normalized spacial score (nSPS) is 10.9. The largest absolute Gasteiger partial charge is 0.391 e. The molecule has 3 rings (SSSR count). The molecule has 1 heterocycles. The average molecular weight is 355 g/mol. The van der Waals surface area contributed by atoms with Crippen LogP contribution < -0.4 is 0 Å². The predicted molar refractivity (Wildman–Crippen MR) is 95.6 cm³/mol. The topological polar surface area (TPSA) is 64.7 Å².